The Kier molecular flexibility index (Phi) is 11.0. The van der Waals surface area contributed by atoms with Crippen LogP contribution in [0.4, 0.5) is 26.3 Å². The summed E-state index contributed by atoms with van der Waals surface area (Å²) in [6, 6.07) is 0. The summed E-state index contributed by atoms with van der Waals surface area (Å²) >= 11 is 0. The SMILES string of the molecule is CCOCCC[C@](O)(CC(F)(F)F)C(=O)[C@](O)(CCCOCC)CC(F)(F)F. The average Bonchev–Trinajstić information content (AvgIpc) is 2.52. The van der Waals surface area contributed by atoms with Crippen LogP contribution in [0.15, 0.2) is 0 Å². The Balaban J connectivity index is 5.62. The maximum atomic E-state index is 12.9. The monoisotopic (exact) mass is 426 g/mol. The van der Waals surface area contributed by atoms with Gasteiger partial charge in [-0.25, -0.2) is 0 Å². The molecule has 0 aliphatic carbocycles. The Bertz CT molecular complexity index is 428. The number of Topliss-reactive ketones (excluding diaryl/α,β-unsaturated/α-hetero) is 1. The molecular formula is C17H28F6O5. The molecule has 0 saturated heterocycles. The molecular weight excluding hydrogens is 398 g/mol. The molecule has 0 fully saturated rings. The third-order valence-electron chi connectivity index (χ3n) is 4.00. The highest BCUT2D eigenvalue weighted by atomic mass is 19.4. The number of ether oxygens (including phenoxy) is 2. The predicted octanol–water partition coefficient (Wildman–Crippen LogP) is 3.56. The van der Waals surface area contributed by atoms with E-state index in [0.717, 1.165) is 0 Å². The second kappa shape index (κ2) is 11.3. The number of hydrogen-bond acceptors (Lipinski definition) is 5. The summed E-state index contributed by atoms with van der Waals surface area (Å²) in [7, 11) is 0. The molecule has 0 aliphatic heterocycles. The van der Waals surface area contributed by atoms with Crippen molar-refractivity contribution in [3.8, 4) is 0 Å². The highest BCUT2D eigenvalue weighted by molar-refractivity contribution is 5.94. The van der Waals surface area contributed by atoms with Gasteiger partial charge in [0.2, 0.25) is 0 Å². The first-order valence-electron chi connectivity index (χ1n) is 8.98. The number of rotatable bonds is 14. The molecule has 0 aromatic rings. The van der Waals surface area contributed by atoms with E-state index in [1.54, 1.807) is 13.8 Å². The zero-order chi connectivity index (χ0) is 22.1. The minimum atomic E-state index is -5.03. The van der Waals surface area contributed by atoms with E-state index in [4.69, 9.17) is 9.47 Å². The summed E-state index contributed by atoms with van der Waals surface area (Å²) in [5.74, 6) is -1.89. The largest absolute Gasteiger partial charge is 0.392 e. The van der Waals surface area contributed by atoms with Crippen LogP contribution in [-0.2, 0) is 14.3 Å². The molecule has 0 bridgehead atoms. The standard InChI is InChI=1S/C17H28F6O5/c1-3-27-9-5-7-14(25,11-16(18,19)20)13(24)15(26,12-17(21,22)23)8-6-10-28-4-2/h25-26H,3-12H2,1-2H3/t14-,15-/m0/s1. The minimum absolute atomic E-state index is 0.0913. The number of halogens is 6. The van der Waals surface area contributed by atoms with Crippen LogP contribution in [0.1, 0.15) is 52.4 Å². The van der Waals surface area contributed by atoms with Gasteiger partial charge in [0.15, 0.2) is 5.78 Å². The van der Waals surface area contributed by atoms with Crippen LogP contribution in [0.5, 0.6) is 0 Å². The van der Waals surface area contributed by atoms with Crippen molar-refractivity contribution in [2.45, 2.75) is 75.9 Å². The molecule has 0 amide bonds. The second-order valence-electron chi connectivity index (χ2n) is 6.58. The van der Waals surface area contributed by atoms with Crippen molar-refractivity contribution in [2.75, 3.05) is 26.4 Å². The van der Waals surface area contributed by atoms with E-state index in [-0.39, 0.29) is 39.3 Å². The molecule has 2 atom stereocenters. The molecule has 0 radical (unpaired) electrons. The Morgan fingerprint density at radius 1 is 0.750 bits per heavy atom. The Morgan fingerprint density at radius 2 is 1.07 bits per heavy atom. The van der Waals surface area contributed by atoms with Crippen LogP contribution in [0.25, 0.3) is 0 Å². The summed E-state index contributed by atoms with van der Waals surface area (Å²) in [6.07, 6.45) is -16.2. The maximum absolute atomic E-state index is 12.9. The lowest BCUT2D eigenvalue weighted by Crippen LogP contribution is -2.56. The molecule has 0 spiro atoms. The summed E-state index contributed by atoms with van der Waals surface area (Å²) in [5.41, 5.74) is -6.39. The zero-order valence-corrected chi connectivity index (χ0v) is 16.0. The van der Waals surface area contributed by atoms with Gasteiger partial charge < -0.3 is 19.7 Å². The molecule has 2 N–H and O–H groups in total. The molecule has 0 saturated carbocycles. The first-order chi connectivity index (χ1) is 12.7. The van der Waals surface area contributed by atoms with E-state index in [1.165, 1.54) is 0 Å². The van der Waals surface area contributed by atoms with Crippen molar-refractivity contribution >= 4 is 5.78 Å². The lowest BCUT2D eigenvalue weighted by atomic mass is 9.76. The third-order valence-corrected chi connectivity index (χ3v) is 4.00. The molecule has 0 aromatic heterocycles. The molecule has 0 aromatic carbocycles. The molecule has 28 heavy (non-hydrogen) atoms. The van der Waals surface area contributed by atoms with Gasteiger partial charge in [-0.1, -0.05) is 0 Å². The van der Waals surface area contributed by atoms with Crippen molar-refractivity contribution in [3.63, 3.8) is 0 Å². The van der Waals surface area contributed by atoms with Gasteiger partial charge in [0.1, 0.15) is 11.2 Å². The third kappa shape index (κ3) is 10.6. The molecule has 0 heterocycles. The highest BCUT2D eigenvalue weighted by Gasteiger charge is 2.56. The van der Waals surface area contributed by atoms with Gasteiger partial charge in [-0.3, -0.25) is 4.79 Å². The van der Waals surface area contributed by atoms with Crippen LogP contribution in [0.3, 0.4) is 0 Å². The predicted molar refractivity (Wildman–Crippen MR) is 87.7 cm³/mol. The van der Waals surface area contributed by atoms with Gasteiger partial charge >= 0.3 is 12.4 Å². The topological polar surface area (TPSA) is 76.0 Å². The Hall–Kier alpha value is -0.910. The van der Waals surface area contributed by atoms with Crippen LogP contribution >= 0.6 is 0 Å². The van der Waals surface area contributed by atoms with Crippen molar-refractivity contribution < 1.29 is 50.8 Å². The van der Waals surface area contributed by atoms with Crippen molar-refractivity contribution in [1.82, 2.24) is 0 Å². The molecule has 0 unspecified atom stereocenters. The van der Waals surface area contributed by atoms with Gasteiger partial charge in [0.05, 0.1) is 12.8 Å². The number of ketones is 1. The van der Waals surface area contributed by atoms with Gasteiger partial charge in [0.25, 0.3) is 0 Å². The van der Waals surface area contributed by atoms with E-state index < -0.39 is 55.0 Å². The minimum Gasteiger partial charge on any atom is -0.382 e. The van der Waals surface area contributed by atoms with E-state index in [9.17, 15) is 41.4 Å². The zero-order valence-electron chi connectivity index (χ0n) is 16.0. The number of alkyl halides is 6. The normalized spacial score (nSPS) is 17.2. The van der Waals surface area contributed by atoms with E-state index in [0.29, 0.717) is 0 Å². The lowest BCUT2D eigenvalue weighted by Gasteiger charge is -2.37. The quantitative estimate of drug-likeness (QED) is 0.328. The van der Waals surface area contributed by atoms with Gasteiger partial charge in [0, 0.05) is 26.4 Å². The van der Waals surface area contributed by atoms with Crippen molar-refractivity contribution in [3.05, 3.63) is 0 Å². The van der Waals surface area contributed by atoms with Crippen molar-refractivity contribution in [1.29, 1.82) is 0 Å². The van der Waals surface area contributed by atoms with Crippen LogP contribution in [0.2, 0.25) is 0 Å². The summed E-state index contributed by atoms with van der Waals surface area (Å²) in [6.45, 7) is 3.53. The van der Waals surface area contributed by atoms with Crippen molar-refractivity contribution in [2.24, 2.45) is 0 Å². The van der Waals surface area contributed by atoms with E-state index >= 15 is 0 Å². The number of aliphatic hydroxyl groups is 2. The highest BCUT2D eigenvalue weighted by Crippen LogP contribution is 2.39. The maximum Gasteiger partial charge on any atom is 0.392 e. The van der Waals surface area contributed by atoms with Gasteiger partial charge in [-0.2, -0.15) is 26.3 Å². The average molecular weight is 426 g/mol. The summed E-state index contributed by atoms with van der Waals surface area (Å²) in [5, 5.41) is 20.7. The smallest absolute Gasteiger partial charge is 0.382 e. The lowest BCUT2D eigenvalue weighted by molar-refractivity contribution is -0.209. The first kappa shape index (κ1) is 27.1. The fourth-order valence-corrected chi connectivity index (χ4v) is 2.88. The van der Waals surface area contributed by atoms with Crippen LogP contribution in [-0.4, -0.2) is 66.0 Å². The Labute approximate surface area is 160 Å². The van der Waals surface area contributed by atoms with E-state index in [2.05, 4.69) is 0 Å². The molecule has 168 valence electrons. The molecule has 5 nitrogen and oxygen atoms in total. The molecule has 11 heteroatoms. The summed E-state index contributed by atoms with van der Waals surface area (Å²) in [4.78, 5) is 12.6. The molecule has 0 aliphatic rings. The Morgan fingerprint density at radius 3 is 1.32 bits per heavy atom. The number of hydrogen-bond donors (Lipinski definition) is 2. The number of carbonyl (C=O) groups is 1. The van der Waals surface area contributed by atoms with E-state index in [1.807, 2.05) is 0 Å². The van der Waals surface area contributed by atoms with Gasteiger partial charge in [-0.15, -0.1) is 0 Å². The first-order valence-corrected chi connectivity index (χ1v) is 8.98. The second-order valence-corrected chi connectivity index (χ2v) is 6.58. The fourth-order valence-electron chi connectivity index (χ4n) is 2.88. The van der Waals surface area contributed by atoms with Crippen LogP contribution in [0, 0.1) is 0 Å². The van der Waals surface area contributed by atoms with Gasteiger partial charge in [-0.05, 0) is 39.5 Å². The fraction of sp³-hybridized carbons (Fsp3) is 0.941. The van der Waals surface area contributed by atoms with Crippen LogP contribution < -0.4 is 0 Å². The summed E-state index contributed by atoms with van der Waals surface area (Å²) < 4.78 is 87.3. The molecule has 0 rings (SSSR count). The number of carbonyl (C=O) groups excluding carboxylic acids is 1.